The Morgan fingerprint density at radius 1 is 0.524 bits per heavy atom. The molecule has 0 saturated carbocycles. The van der Waals surface area contributed by atoms with Gasteiger partial charge in [-0.1, -0.05) is 237 Å². The van der Waals surface area contributed by atoms with Gasteiger partial charge in [0.25, 0.3) is 0 Å². The van der Waals surface area contributed by atoms with Gasteiger partial charge in [-0.25, -0.2) is 4.57 Å². The Hall–Kier alpha value is -1.02. The van der Waals surface area contributed by atoms with Crippen LogP contribution in [0.25, 0.3) is 0 Å². The zero-order chi connectivity index (χ0) is 46.4. The molecule has 3 N–H and O–H groups in total. The Balaban J connectivity index is 4.25. The summed E-state index contributed by atoms with van der Waals surface area (Å²) in [6.45, 7) is 4.85. The molecule has 0 fully saturated rings. The molecular formula is C54H108N2O6P+. The Kier molecular flexibility index (Phi) is 45.4. The summed E-state index contributed by atoms with van der Waals surface area (Å²) < 4.78 is 23.7. The number of unbranched alkanes of at least 4 members (excludes halogenated alkanes) is 35. The Morgan fingerprint density at radius 3 is 1.22 bits per heavy atom. The number of amides is 1. The van der Waals surface area contributed by atoms with E-state index in [1.807, 2.05) is 27.2 Å². The van der Waals surface area contributed by atoms with Crippen molar-refractivity contribution in [2.45, 2.75) is 276 Å². The maximum atomic E-state index is 13.0. The van der Waals surface area contributed by atoms with E-state index in [9.17, 15) is 19.4 Å². The number of aliphatic hydroxyl groups excluding tert-OH is 1. The number of phosphoric ester groups is 1. The smallest absolute Gasteiger partial charge is 0.387 e. The van der Waals surface area contributed by atoms with E-state index in [0.29, 0.717) is 17.4 Å². The quantitative estimate of drug-likeness (QED) is 0.0243. The molecule has 0 radical (unpaired) electrons. The number of hydrogen-bond donors (Lipinski definition) is 3. The fraction of sp³-hybridized carbons (Fsp3) is 0.907. The largest absolute Gasteiger partial charge is 0.472 e. The minimum atomic E-state index is -4.34. The van der Waals surface area contributed by atoms with Gasteiger partial charge in [0.2, 0.25) is 5.91 Å². The predicted molar refractivity (Wildman–Crippen MR) is 272 cm³/mol. The molecule has 0 aliphatic heterocycles. The molecule has 3 unspecified atom stereocenters. The van der Waals surface area contributed by atoms with Gasteiger partial charge in [-0.3, -0.25) is 13.8 Å². The van der Waals surface area contributed by atoms with E-state index in [-0.39, 0.29) is 19.1 Å². The molecule has 8 nitrogen and oxygen atoms in total. The summed E-state index contributed by atoms with van der Waals surface area (Å²) in [6.07, 6.45) is 56.9. The highest BCUT2D eigenvalue weighted by atomic mass is 31.2. The van der Waals surface area contributed by atoms with Crippen molar-refractivity contribution in [2.24, 2.45) is 0 Å². The number of allylic oxidation sites excluding steroid dienone is 3. The highest BCUT2D eigenvalue weighted by Gasteiger charge is 2.27. The van der Waals surface area contributed by atoms with Crippen molar-refractivity contribution in [1.82, 2.24) is 5.32 Å². The van der Waals surface area contributed by atoms with E-state index < -0.39 is 20.0 Å². The van der Waals surface area contributed by atoms with Crippen LogP contribution in [0.15, 0.2) is 24.3 Å². The Labute approximate surface area is 392 Å². The predicted octanol–water partition coefficient (Wildman–Crippen LogP) is 16.0. The fourth-order valence-corrected chi connectivity index (χ4v) is 8.83. The number of aliphatic hydroxyl groups is 1. The fourth-order valence-electron chi connectivity index (χ4n) is 8.10. The third-order valence-electron chi connectivity index (χ3n) is 12.4. The molecule has 3 atom stereocenters. The number of nitrogens with zero attached hydrogens (tertiary/aromatic N) is 1. The third-order valence-corrected chi connectivity index (χ3v) is 13.4. The van der Waals surface area contributed by atoms with Gasteiger partial charge in [0, 0.05) is 6.42 Å². The summed E-state index contributed by atoms with van der Waals surface area (Å²) in [7, 11) is 1.58. The first-order chi connectivity index (χ1) is 30.5. The van der Waals surface area contributed by atoms with Crippen LogP contribution in [0.3, 0.4) is 0 Å². The van der Waals surface area contributed by atoms with Gasteiger partial charge >= 0.3 is 7.82 Å². The molecular weight excluding hydrogens is 804 g/mol. The van der Waals surface area contributed by atoms with Crippen molar-refractivity contribution in [3.63, 3.8) is 0 Å². The van der Waals surface area contributed by atoms with Crippen molar-refractivity contribution >= 4 is 13.7 Å². The first-order valence-electron chi connectivity index (χ1n) is 27.2. The lowest BCUT2D eigenvalue weighted by Crippen LogP contribution is -2.45. The van der Waals surface area contributed by atoms with E-state index >= 15 is 0 Å². The number of phosphoric acid groups is 1. The van der Waals surface area contributed by atoms with Crippen molar-refractivity contribution in [1.29, 1.82) is 0 Å². The normalized spacial score (nSPS) is 14.2. The molecule has 0 spiro atoms. The maximum Gasteiger partial charge on any atom is 0.472 e. The van der Waals surface area contributed by atoms with Gasteiger partial charge < -0.3 is 19.8 Å². The highest BCUT2D eigenvalue weighted by molar-refractivity contribution is 7.47. The van der Waals surface area contributed by atoms with Gasteiger partial charge in [-0.05, 0) is 44.9 Å². The van der Waals surface area contributed by atoms with Crippen LogP contribution in [-0.4, -0.2) is 73.4 Å². The summed E-state index contributed by atoms with van der Waals surface area (Å²) in [5.74, 6) is -0.178. The van der Waals surface area contributed by atoms with Gasteiger partial charge in [-0.2, -0.15) is 0 Å². The van der Waals surface area contributed by atoms with Crippen molar-refractivity contribution in [2.75, 3.05) is 40.9 Å². The molecule has 0 aromatic heterocycles. The number of quaternary nitrogens is 1. The average Bonchev–Trinajstić information content (AvgIpc) is 3.24. The molecule has 0 saturated heterocycles. The van der Waals surface area contributed by atoms with Crippen LogP contribution in [0.4, 0.5) is 0 Å². The first kappa shape index (κ1) is 62.0. The van der Waals surface area contributed by atoms with Crippen LogP contribution < -0.4 is 5.32 Å². The van der Waals surface area contributed by atoms with Crippen molar-refractivity contribution < 1.29 is 32.9 Å². The van der Waals surface area contributed by atoms with Gasteiger partial charge in [0.1, 0.15) is 13.2 Å². The molecule has 0 aliphatic rings. The maximum absolute atomic E-state index is 13.0. The molecule has 374 valence electrons. The Morgan fingerprint density at radius 2 is 0.857 bits per heavy atom. The van der Waals surface area contributed by atoms with E-state index in [1.165, 1.54) is 205 Å². The van der Waals surface area contributed by atoms with Gasteiger partial charge in [0.15, 0.2) is 0 Å². The summed E-state index contributed by atoms with van der Waals surface area (Å²) in [5, 5.41) is 13.9. The standard InChI is InChI=1S/C54H107N2O6P/c1-6-8-10-12-14-16-18-20-22-24-26-27-28-29-30-32-34-36-38-40-42-44-46-48-54(58)55-52(51-62-63(59,60)61-50-49-56(3,4)5)53(57)47-45-43-41-39-37-35-33-31-25-23-21-19-17-15-13-11-9-7-2/h29-30,45,47,52-53,57H,6-28,31-44,46,48-51H2,1-5H3,(H-,55,58,59,60)/p+1/b30-29-,47-45+. The average molecular weight is 912 g/mol. The highest BCUT2D eigenvalue weighted by Crippen LogP contribution is 2.43. The molecule has 0 bridgehead atoms. The molecule has 9 heteroatoms. The van der Waals surface area contributed by atoms with Crippen LogP contribution in [0, 0.1) is 0 Å². The molecule has 1 amide bonds. The van der Waals surface area contributed by atoms with Crippen LogP contribution >= 0.6 is 7.82 Å². The number of nitrogens with one attached hydrogen (secondary N) is 1. The van der Waals surface area contributed by atoms with Gasteiger partial charge in [-0.15, -0.1) is 0 Å². The molecule has 0 aromatic rings. The minimum Gasteiger partial charge on any atom is -0.387 e. The number of likely N-dealkylation sites (N-methyl/N-ethyl adjacent to an activating group) is 1. The van der Waals surface area contributed by atoms with Crippen LogP contribution in [0.1, 0.15) is 264 Å². The summed E-state index contributed by atoms with van der Waals surface area (Å²) in [5.41, 5.74) is 0. The van der Waals surface area contributed by atoms with Crippen molar-refractivity contribution in [3.8, 4) is 0 Å². The lowest BCUT2D eigenvalue weighted by Gasteiger charge is -2.25. The summed E-state index contributed by atoms with van der Waals surface area (Å²) >= 11 is 0. The lowest BCUT2D eigenvalue weighted by atomic mass is 10.0. The molecule has 0 aromatic carbocycles. The zero-order valence-corrected chi connectivity index (χ0v) is 43.5. The molecule has 0 rings (SSSR count). The number of hydrogen-bond acceptors (Lipinski definition) is 5. The van der Waals surface area contributed by atoms with Crippen molar-refractivity contribution in [3.05, 3.63) is 24.3 Å². The van der Waals surface area contributed by atoms with Crippen LogP contribution in [0.5, 0.6) is 0 Å². The number of rotatable bonds is 50. The SMILES string of the molecule is CCCCCCCCCCCCCC/C=C\CCCCCCCCCC(=O)NC(COP(=O)(O)OCC[N+](C)(C)C)C(O)/C=C/CCCCCCCCCCCCCCCCCC. The van der Waals surface area contributed by atoms with E-state index in [4.69, 9.17) is 9.05 Å². The molecule has 0 heterocycles. The number of carbonyl (C=O) groups excluding carboxylic acids is 1. The number of carbonyl (C=O) groups is 1. The second-order valence-corrected chi connectivity index (χ2v) is 21.4. The second kappa shape index (κ2) is 46.1. The van der Waals surface area contributed by atoms with E-state index in [0.717, 1.165) is 38.5 Å². The molecule has 0 aliphatic carbocycles. The van der Waals surface area contributed by atoms with Crippen LogP contribution in [0.2, 0.25) is 0 Å². The Bertz CT molecular complexity index is 1080. The zero-order valence-electron chi connectivity index (χ0n) is 42.6. The van der Waals surface area contributed by atoms with Gasteiger partial charge in [0.05, 0.1) is 39.9 Å². The summed E-state index contributed by atoms with van der Waals surface area (Å²) in [6, 6.07) is -0.847. The third kappa shape index (κ3) is 48.7. The lowest BCUT2D eigenvalue weighted by molar-refractivity contribution is -0.870. The molecule has 63 heavy (non-hydrogen) atoms. The van der Waals surface area contributed by atoms with E-state index in [2.05, 4.69) is 31.3 Å². The summed E-state index contributed by atoms with van der Waals surface area (Å²) in [4.78, 5) is 23.3. The monoisotopic (exact) mass is 912 g/mol. The second-order valence-electron chi connectivity index (χ2n) is 20.0. The topological polar surface area (TPSA) is 105 Å². The minimum absolute atomic E-state index is 0.0622. The van der Waals surface area contributed by atoms with E-state index in [1.54, 1.807) is 6.08 Å². The first-order valence-corrected chi connectivity index (χ1v) is 28.7. The van der Waals surface area contributed by atoms with Crippen LogP contribution in [-0.2, 0) is 18.4 Å².